The van der Waals surface area contributed by atoms with Crippen LogP contribution >= 0.6 is 34.8 Å². The third-order valence-electron chi connectivity index (χ3n) is 1.81. The number of halogens is 3. The van der Waals surface area contributed by atoms with Crippen molar-refractivity contribution in [1.82, 2.24) is 0 Å². The van der Waals surface area contributed by atoms with Gasteiger partial charge in [0.05, 0.1) is 21.7 Å². The van der Waals surface area contributed by atoms with Gasteiger partial charge in [-0.25, -0.2) is 0 Å². The predicted octanol–water partition coefficient (Wildman–Crippen LogP) is 3.65. The molecule has 1 atom stereocenters. The van der Waals surface area contributed by atoms with Gasteiger partial charge < -0.3 is 9.84 Å². The first-order valence-electron chi connectivity index (χ1n) is 4.42. The molecule has 0 saturated carbocycles. The van der Waals surface area contributed by atoms with E-state index in [1.54, 1.807) is 6.07 Å². The van der Waals surface area contributed by atoms with E-state index in [4.69, 9.17) is 44.6 Å². The Hall–Kier alpha value is -0.150. The Balaban J connectivity index is 2.73. The maximum Gasteiger partial charge on any atom is 0.139 e. The van der Waals surface area contributed by atoms with E-state index in [9.17, 15) is 0 Å². The van der Waals surface area contributed by atoms with Gasteiger partial charge in [-0.2, -0.15) is 0 Å². The summed E-state index contributed by atoms with van der Waals surface area (Å²) in [7, 11) is 0. The van der Waals surface area contributed by atoms with Crippen LogP contribution in [0.4, 0.5) is 0 Å². The first kappa shape index (κ1) is 12.9. The highest BCUT2D eigenvalue weighted by Gasteiger charge is 2.08. The van der Waals surface area contributed by atoms with Crippen LogP contribution in [0.2, 0.25) is 15.1 Å². The van der Waals surface area contributed by atoms with Crippen molar-refractivity contribution in [2.45, 2.75) is 6.92 Å². The van der Waals surface area contributed by atoms with Crippen molar-refractivity contribution in [3.05, 3.63) is 27.2 Å². The van der Waals surface area contributed by atoms with Crippen molar-refractivity contribution >= 4 is 34.8 Å². The summed E-state index contributed by atoms with van der Waals surface area (Å²) >= 11 is 17.5. The molecule has 1 aromatic rings. The SMILES string of the molecule is CC(CO)COc1cc(Cl)c(Cl)cc1Cl. The Labute approximate surface area is 104 Å². The van der Waals surface area contributed by atoms with Gasteiger partial charge in [-0.05, 0) is 6.07 Å². The number of benzene rings is 1. The molecule has 0 fully saturated rings. The molecule has 0 amide bonds. The second kappa shape index (κ2) is 5.80. The molecular formula is C10H11Cl3O2. The molecule has 1 N–H and O–H groups in total. The van der Waals surface area contributed by atoms with Crippen LogP contribution < -0.4 is 4.74 Å². The molecule has 15 heavy (non-hydrogen) atoms. The zero-order valence-electron chi connectivity index (χ0n) is 8.14. The number of aliphatic hydroxyl groups excluding tert-OH is 1. The molecule has 0 aromatic heterocycles. The maximum atomic E-state index is 8.82. The smallest absolute Gasteiger partial charge is 0.139 e. The van der Waals surface area contributed by atoms with Crippen LogP contribution in [-0.4, -0.2) is 18.3 Å². The van der Waals surface area contributed by atoms with Gasteiger partial charge in [0.15, 0.2) is 0 Å². The van der Waals surface area contributed by atoms with E-state index in [1.807, 2.05) is 6.92 Å². The molecule has 0 aliphatic heterocycles. The fourth-order valence-corrected chi connectivity index (χ4v) is 1.49. The van der Waals surface area contributed by atoms with Crippen LogP contribution in [0.5, 0.6) is 5.75 Å². The third kappa shape index (κ3) is 3.72. The monoisotopic (exact) mass is 268 g/mol. The van der Waals surface area contributed by atoms with E-state index in [0.717, 1.165) is 0 Å². The normalized spacial score (nSPS) is 12.6. The topological polar surface area (TPSA) is 29.5 Å². The predicted molar refractivity (Wildman–Crippen MR) is 63.2 cm³/mol. The molecule has 0 radical (unpaired) electrons. The van der Waals surface area contributed by atoms with Crippen molar-refractivity contribution in [2.24, 2.45) is 5.92 Å². The Morgan fingerprint density at radius 3 is 2.40 bits per heavy atom. The van der Waals surface area contributed by atoms with E-state index in [0.29, 0.717) is 27.4 Å². The average molecular weight is 270 g/mol. The summed E-state index contributed by atoms with van der Waals surface area (Å²) in [4.78, 5) is 0. The summed E-state index contributed by atoms with van der Waals surface area (Å²) in [6.07, 6.45) is 0. The van der Waals surface area contributed by atoms with Gasteiger partial charge in [-0.15, -0.1) is 0 Å². The van der Waals surface area contributed by atoms with E-state index in [-0.39, 0.29) is 12.5 Å². The molecule has 0 saturated heterocycles. The van der Waals surface area contributed by atoms with Gasteiger partial charge in [0.2, 0.25) is 0 Å². The summed E-state index contributed by atoms with van der Waals surface area (Å²) in [5.41, 5.74) is 0. The van der Waals surface area contributed by atoms with Crippen LogP contribution in [-0.2, 0) is 0 Å². The second-order valence-electron chi connectivity index (χ2n) is 3.30. The van der Waals surface area contributed by atoms with Crippen molar-refractivity contribution in [3.63, 3.8) is 0 Å². The van der Waals surface area contributed by atoms with Crippen molar-refractivity contribution < 1.29 is 9.84 Å². The summed E-state index contributed by atoms with van der Waals surface area (Å²) in [5.74, 6) is 0.530. The van der Waals surface area contributed by atoms with Gasteiger partial charge in [0.25, 0.3) is 0 Å². The largest absolute Gasteiger partial charge is 0.492 e. The van der Waals surface area contributed by atoms with Gasteiger partial charge in [-0.3, -0.25) is 0 Å². The highest BCUT2D eigenvalue weighted by Crippen LogP contribution is 2.33. The van der Waals surface area contributed by atoms with Crippen molar-refractivity contribution in [2.75, 3.05) is 13.2 Å². The summed E-state index contributed by atoms with van der Waals surface area (Å²) in [5, 5.41) is 10.0. The lowest BCUT2D eigenvalue weighted by Crippen LogP contribution is -2.12. The molecular weight excluding hydrogens is 258 g/mol. The molecule has 0 aliphatic rings. The van der Waals surface area contributed by atoms with Crippen LogP contribution in [0, 0.1) is 5.92 Å². The Kier molecular flexibility index (Phi) is 5.00. The Morgan fingerprint density at radius 1 is 1.20 bits per heavy atom. The number of aliphatic hydroxyl groups is 1. The summed E-state index contributed by atoms with van der Waals surface area (Å²) in [6.45, 7) is 2.32. The van der Waals surface area contributed by atoms with Gasteiger partial charge >= 0.3 is 0 Å². The van der Waals surface area contributed by atoms with Gasteiger partial charge in [0, 0.05) is 18.6 Å². The lowest BCUT2D eigenvalue weighted by molar-refractivity contribution is 0.174. The average Bonchev–Trinajstić information content (AvgIpc) is 2.21. The van der Waals surface area contributed by atoms with Crippen molar-refractivity contribution in [3.8, 4) is 5.75 Å². The molecule has 0 spiro atoms. The van der Waals surface area contributed by atoms with E-state index >= 15 is 0 Å². The molecule has 2 nitrogen and oxygen atoms in total. The quantitative estimate of drug-likeness (QED) is 0.846. The minimum absolute atomic E-state index is 0.0514. The molecule has 5 heteroatoms. The van der Waals surface area contributed by atoms with Crippen LogP contribution in [0.15, 0.2) is 12.1 Å². The van der Waals surface area contributed by atoms with E-state index in [1.165, 1.54) is 6.07 Å². The van der Waals surface area contributed by atoms with Crippen LogP contribution in [0.25, 0.3) is 0 Å². The van der Waals surface area contributed by atoms with Crippen molar-refractivity contribution in [1.29, 1.82) is 0 Å². The molecule has 1 unspecified atom stereocenters. The first-order chi connectivity index (χ1) is 7.04. The number of rotatable bonds is 4. The molecule has 0 bridgehead atoms. The van der Waals surface area contributed by atoms with Crippen LogP contribution in [0.3, 0.4) is 0 Å². The minimum atomic E-state index is 0.0514. The van der Waals surface area contributed by atoms with E-state index in [2.05, 4.69) is 0 Å². The second-order valence-corrected chi connectivity index (χ2v) is 4.52. The highest BCUT2D eigenvalue weighted by atomic mass is 35.5. The maximum absolute atomic E-state index is 8.82. The van der Waals surface area contributed by atoms with Crippen LogP contribution in [0.1, 0.15) is 6.92 Å². The molecule has 0 heterocycles. The molecule has 84 valence electrons. The first-order valence-corrected chi connectivity index (χ1v) is 5.56. The number of hydrogen-bond donors (Lipinski definition) is 1. The molecule has 0 aliphatic carbocycles. The lowest BCUT2D eigenvalue weighted by atomic mass is 10.2. The molecule has 1 aromatic carbocycles. The van der Waals surface area contributed by atoms with Gasteiger partial charge in [-0.1, -0.05) is 41.7 Å². The molecule has 1 rings (SSSR count). The lowest BCUT2D eigenvalue weighted by Gasteiger charge is -2.12. The fourth-order valence-electron chi connectivity index (χ4n) is 0.900. The van der Waals surface area contributed by atoms with Gasteiger partial charge in [0.1, 0.15) is 5.75 Å². The minimum Gasteiger partial charge on any atom is -0.492 e. The zero-order chi connectivity index (χ0) is 11.4. The Bertz CT molecular complexity index is 342. The van der Waals surface area contributed by atoms with E-state index < -0.39 is 0 Å². The highest BCUT2D eigenvalue weighted by molar-refractivity contribution is 6.43. The Morgan fingerprint density at radius 2 is 1.80 bits per heavy atom. The fraction of sp³-hybridized carbons (Fsp3) is 0.400. The standard InChI is InChI=1S/C10H11Cl3O2/c1-6(4-14)5-15-10-3-8(12)7(11)2-9(10)13/h2-3,6,14H,4-5H2,1H3. The number of ether oxygens (including phenoxy) is 1. The third-order valence-corrected chi connectivity index (χ3v) is 2.83. The number of hydrogen-bond acceptors (Lipinski definition) is 2. The zero-order valence-corrected chi connectivity index (χ0v) is 10.4. The summed E-state index contributed by atoms with van der Waals surface area (Å²) in [6, 6.07) is 3.10. The summed E-state index contributed by atoms with van der Waals surface area (Å²) < 4.78 is 5.39.